The van der Waals surface area contributed by atoms with Crippen molar-refractivity contribution in [1.29, 1.82) is 0 Å². The second-order valence-corrected chi connectivity index (χ2v) is 7.28. The number of fused-ring (bicyclic) bond motifs is 2. The number of hydrogen-bond acceptors (Lipinski definition) is 4. The van der Waals surface area contributed by atoms with Crippen LogP contribution in [0.25, 0.3) is 0 Å². The molecule has 0 heterocycles. The first-order valence-corrected chi connectivity index (χ1v) is 7.90. The maximum Gasteiger partial charge on any atom is 0.273 e. The first-order chi connectivity index (χ1) is 10.8. The van der Waals surface area contributed by atoms with Gasteiger partial charge in [-0.25, -0.2) is 0 Å². The fourth-order valence-corrected chi connectivity index (χ4v) is 3.70. The Balaban J connectivity index is 2.01. The molecule has 1 aromatic rings. The predicted octanol–water partition coefficient (Wildman–Crippen LogP) is 3.64. The minimum absolute atomic E-state index is 0.0646. The standard InChI is InChI=1S/C18H21NO4/c1-18(2,3)23-17-11-8-9-13(16(17)15(20)10-11)12-6-4-5-7-14(12)19(21)22/h4-9,11,13,16-17H,10H2,1-3H3/t11-,13+,16+,17?/m1/s1. The maximum absolute atomic E-state index is 12.5. The molecule has 1 unspecified atom stereocenters. The topological polar surface area (TPSA) is 69.4 Å². The molecule has 1 saturated carbocycles. The van der Waals surface area contributed by atoms with E-state index in [1.807, 2.05) is 32.9 Å². The number of nitro groups is 1. The number of para-hydroxylation sites is 1. The van der Waals surface area contributed by atoms with Crippen molar-refractivity contribution < 1.29 is 14.5 Å². The Labute approximate surface area is 135 Å². The van der Waals surface area contributed by atoms with Crippen molar-refractivity contribution >= 4 is 11.5 Å². The van der Waals surface area contributed by atoms with Crippen molar-refractivity contribution in [1.82, 2.24) is 0 Å². The van der Waals surface area contributed by atoms with Gasteiger partial charge in [0.05, 0.1) is 22.5 Å². The summed E-state index contributed by atoms with van der Waals surface area (Å²) in [4.78, 5) is 23.5. The summed E-state index contributed by atoms with van der Waals surface area (Å²) in [6.07, 6.45) is 4.20. The van der Waals surface area contributed by atoms with Gasteiger partial charge in [-0.3, -0.25) is 14.9 Å². The first kappa shape index (κ1) is 15.9. The van der Waals surface area contributed by atoms with Crippen molar-refractivity contribution in [2.24, 2.45) is 11.8 Å². The second kappa shape index (κ2) is 5.57. The summed E-state index contributed by atoms with van der Waals surface area (Å²) in [5.41, 5.74) is 0.300. The molecule has 2 bridgehead atoms. The number of ketones is 1. The molecule has 122 valence electrons. The average Bonchev–Trinajstić information content (AvgIpc) is 2.65. The van der Waals surface area contributed by atoms with E-state index in [4.69, 9.17) is 4.74 Å². The Hall–Kier alpha value is -2.01. The van der Waals surface area contributed by atoms with Crippen LogP contribution < -0.4 is 0 Å². The molecular weight excluding hydrogens is 294 g/mol. The fourth-order valence-electron chi connectivity index (χ4n) is 3.70. The van der Waals surface area contributed by atoms with Crippen molar-refractivity contribution in [3.8, 4) is 0 Å². The lowest BCUT2D eigenvalue weighted by atomic mass is 9.77. The lowest BCUT2D eigenvalue weighted by Crippen LogP contribution is -2.38. The van der Waals surface area contributed by atoms with E-state index in [9.17, 15) is 14.9 Å². The SMILES string of the molecule is CC(C)(C)OC1[C@@H]2C=C[C@@H](c3ccccc3[N+](=O)[O-])[C@H]1C(=O)C2. The van der Waals surface area contributed by atoms with E-state index >= 15 is 0 Å². The number of nitrogens with zero attached hydrogens (tertiary/aromatic N) is 1. The number of hydrogen-bond donors (Lipinski definition) is 0. The van der Waals surface area contributed by atoms with Crippen LogP contribution in [0.3, 0.4) is 0 Å². The third-order valence-electron chi connectivity index (χ3n) is 4.52. The average molecular weight is 315 g/mol. The van der Waals surface area contributed by atoms with Crippen LogP contribution in [0.4, 0.5) is 5.69 Å². The van der Waals surface area contributed by atoms with E-state index in [1.54, 1.807) is 18.2 Å². The lowest BCUT2D eigenvalue weighted by molar-refractivity contribution is -0.385. The van der Waals surface area contributed by atoms with Gasteiger partial charge in [0, 0.05) is 29.9 Å². The number of ether oxygens (including phenoxy) is 1. The molecular formula is C18H21NO4. The number of nitro benzene ring substituents is 1. The smallest absolute Gasteiger partial charge is 0.273 e. The van der Waals surface area contributed by atoms with Gasteiger partial charge in [0.1, 0.15) is 5.78 Å². The highest BCUT2D eigenvalue weighted by atomic mass is 16.6. The van der Waals surface area contributed by atoms with Gasteiger partial charge in [0.25, 0.3) is 5.69 Å². The van der Waals surface area contributed by atoms with Crippen LogP contribution >= 0.6 is 0 Å². The van der Waals surface area contributed by atoms with Crippen LogP contribution in [0, 0.1) is 22.0 Å². The third-order valence-corrected chi connectivity index (χ3v) is 4.52. The zero-order chi connectivity index (χ0) is 16.8. The summed E-state index contributed by atoms with van der Waals surface area (Å²) in [6, 6.07) is 6.67. The van der Waals surface area contributed by atoms with Gasteiger partial charge in [-0.15, -0.1) is 0 Å². The highest BCUT2D eigenvalue weighted by Crippen LogP contribution is 2.48. The van der Waals surface area contributed by atoms with Gasteiger partial charge in [-0.1, -0.05) is 30.4 Å². The summed E-state index contributed by atoms with van der Waals surface area (Å²) >= 11 is 0. The van der Waals surface area contributed by atoms with Crippen molar-refractivity contribution in [2.45, 2.75) is 44.8 Å². The third kappa shape index (κ3) is 2.93. The van der Waals surface area contributed by atoms with E-state index in [1.165, 1.54) is 6.07 Å². The molecule has 23 heavy (non-hydrogen) atoms. The molecule has 0 N–H and O–H groups in total. The molecule has 4 atom stereocenters. The second-order valence-electron chi connectivity index (χ2n) is 7.28. The molecule has 0 aliphatic heterocycles. The summed E-state index contributed by atoms with van der Waals surface area (Å²) in [7, 11) is 0. The van der Waals surface area contributed by atoms with Crippen molar-refractivity contribution in [3.63, 3.8) is 0 Å². The van der Waals surface area contributed by atoms with Crippen LogP contribution in [0.5, 0.6) is 0 Å². The molecule has 2 aliphatic carbocycles. The van der Waals surface area contributed by atoms with E-state index in [2.05, 4.69) is 0 Å². The van der Waals surface area contributed by atoms with Crippen molar-refractivity contribution in [3.05, 3.63) is 52.1 Å². The van der Waals surface area contributed by atoms with Gasteiger partial charge in [0.15, 0.2) is 0 Å². The molecule has 3 rings (SSSR count). The Morgan fingerprint density at radius 2 is 1.91 bits per heavy atom. The number of benzene rings is 1. The minimum atomic E-state index is -0.381. The van der Waals surface area contributed by atoms with Crippen LogP contribution in [0.1, 0.15) is 38.7 Å². The molecule has 0 radical (unpaired) electrons. The number of carbonyl (C=O) groups is 1. The van der Waals surface area contributed by atoms with E-state index in [0.29, 0.717) is 12.0 Å². The minimum Gasteiger partial charge on any atom is -0.371 e. The zero-order valence-electron chi connectivity index (χ0n) is 13.6. The van der Waals surface area contributed by atoms with Crippen LogP contribution in [0.2, 0.25) is 0 Å². The summed E-state index contributed by atoms with van der Waals surface area (Å²) < 4.78 is 6.15. The molecule has 1 aromatic carbocycles. The maximum atomic E-state index is 12.5. The molecule has 0 saturated heterocycles. The van der Waals surface area contributed by atoms with E-state index in [-0.39, 0.29) is 45.9 Å². The predicted molar refractivity (Wildman–Crippen MR) is 86.2 cm³/mol. The quantitative estimate of drug-likeness (QED) is 0.485. The Morgan fingerprint density at radius 3 is 2.57 bits per heavy atom. The van der Waals surface area contributed by atoms with Gasteiger partial charge < -0.3 is 4.74 Å². The zero-order valence-corrected chi connectivity index (χ0v) is 13.6. The highest BCUT2D eigenvalue weighted by molar-refractivity contribution is 5.87. The first-order valence-electron chi connectivity index (χ1n) is 7.90. The van der Waals surface area contributed by atoms with Gasteiger partial charge in [-0.2, -0.15) is 0 Å². The molecule has 2 aliphatic rings. The molecule has 5 heteroatoms. The van der Waals surface area contributed by atoms with E-state index in [0.717, 1.165) is 0 Å². The number of rotatable bonds is 3. The van der Waals surface area contributed by atoms with Crippen molar-refractivity contribution in [2.75, 3.05) is 0 Å². The van der Waals surface area contributed by atoms with E-state index < -0.39 is 0 Å². The summed E-state index contributed by atoms with van der Waals surface area (Å²) in [6.45, 7) is 5.90. The molecule has 5 nitrogen and oxygen atoms in total. The largest absolute Gasteiger partial charge is 0.371 e. The molecule has 1 fully saturated rings. The Kier molecular flexibility index (Phi) is 3.84. The monoisotopic (exact) mass is 315 g/mol. The molecule has 0 spiro atoms. The number of Topliss-reactive ketones (excluding diaryl/α,β-unsaturated/α-hetero) is 1. The van der Waals surface area contributed by atoms with Gasteiger partial charge >= 0.3 is 0 Å². The lowest BCUT2D eigenvalue weighted by Gasteiger charge is -2.36. The number of allylic oxidation sites excluding steroid dienone is 1. The molecule has 0 aromatic heterocycles. The highest BCUT2D eigenvalue weighted by Gasteiger charge is 2.50. The summed E-state index contributed by atoms with van der Waals surface area (Å²) in [5.74, 6) is -0.427. The van der Waals surface area contributed by atoms with Gasteiger partial charge in [0.2, 0.25) is 0 Å². The Morgan fingerprint density at radius 1 is 1.22 bits per heavy atom. The Bertz CT molecular complexity index is 674. The fraction of sp³-hybridized carbons (Fsp3) is 0.500. The summed E-state index contributed by atoms with van der Waals surface area (Å²) in [5, 5.41) is 11.3. The molecule has 0 amide bonds. The van der Waals surface area contributed by atoms with Crippen LogP contribution in [-0.2, 0) is 9.53 Å². The number of carbonyl (C=O) groups excluding carboxylic acids is 1. The van der Waals surface area contributed by atoms with Crippen LogP contribution in [0.15, 0.2) is 36.4 Å². The normalized spacial score (nSPS) is 29.8. The van der Waals surface area contributed by atoms with Gasteiger partial charge in [-0.05, 0) is 20.8 Å². The van der Waals surface area contributed by atoms with Crippen LogP contribution in [-0.4, -0.2) is 22.4 Å².